The number of benzene rings is 2. The molecule has 0 atom stereocenters. The van der Waals surface area contributed by atoms with Gasteiger partial charge < -0.3 is 0 Å². The summed E-state index contributed by atoms with van der Waals surface area (Å²) in [6.45, 7) is 3.78. The first-order valence-corrected chi connectivity index (χ1v) is 8.72. The van der Waals surface area contributed by atoms with E-state index in [0.717, 1.165) is 23.7 Å². The first-order chi connectivity index (χ1) is 12.6. The number of aryl methyl sites for hydroxylation is 1. The molecule has 0 radical (unpaired) electrons. The van der Waals surface area contributed by atoms with Crippen LogP contribution < -0.4 is 0 Å². The fraction of sp³-hybridized carbons (Fsp3) is 0.227. The van der Waals surface area contributed by atoms with Crippen LogP contribution in [-0.2, 0) is 19.5 Å². The van der Waals surface area contributed by atoms with Crippen LogP contribution in [0.15, 0.2) is 66.9 Å². The van der Waals surface area contributed by atoms with E-state index in [1.165, 1.54) is 17.7 Å². The Kier molecular flexibility index (Phi) is 6.08. The number of rotatable bonds is 7. The number of halogens is 2. The Labute approximate surface area is 153 Å². The van der Waals surface area contributed by atoms with Gasteiger partial charge in [-0.3, -0.25) is 9.88 Å². The van der Waals surface area contributed by atoms with Gasteiger partial charge in [0.05, 0.1) is 0 Å². The number of nitrogens with zero attached hydrogens (tertiary/aromatic N) is 2. The van der Waals surface area contributed by atoms with E-state index in [0.29, 0.717) is 25.2 Å². The molecule has 3 aromatic rings. The Morgan fingerprint density at radius 2 is 1.81 bits per heavy atom. The third-order valence-corrected chi connectivity index (χ3v) is 4.30. The van der Waals surface area contributed by atoms with Gasteiger partial charge in [-0.25, -0.2) is 8.78 Å². The molecule has 0 spiro atoms. The smallest absolute Gasteiger partial charge is 0.127 e. The van der Waals surface area contributed by atoms with Crippen LogP contribution in [0.2, 0.25) is 0 Å². The van der Waals surface area contributed by atoms with Crippen LogP contribution in [0.4, 0.5) is 8.78 Å². The highest BCUT2D eigenvalue weighted by Gasteiger charge is 2.12. The molecular weight excluding hydrogens is 330 g/mol. The highest BCUT2D eigenvalue weighted by Crippen LogP contribution is 2.16. The standard InChI is InChI=1S/C22H22F2N2/c1-17-5-4-6-18(13-17)15-26(12-10-21-7-2-3-11-25-21)16-19-14-20(23)8-9-22(19)24/h2-9,11,13-14H,10,12,15-16H2,1H3. The summed E-state index contributed by atoms with van der Waals surface area (Å²) >= 11 is 0. The number of aromatic nitrogens is 1. The van der Waals surface area contributed by atoms with E-state index in [2.05, 4.69) is 22.0 Å². The number of pyridine rings is 1. The Morgan fingerprint density at radius 3 is 2.58 bits per heavy atom. The first kappa shape index (κ1) is 18.2. The summed E-state index contributed by atoms with van der Waals surface area (Å²) in [7, 11) is 0. The Bertz CT molecular complexity index is 850. The fourth-order valence-corrected chi connectivity index (χ4v) is 3.01. The molecule has 134 valence electrons. The fourth-order valence-electron chi connectivity index (χ4n) is 3.01. The normalized spacial score (nSPS) is 11.1. The molecule has 0 bridgehead atoms. The lowest BCUT2D eigenvalue weighted by Gasteiger charge is -2.23. The molecule has 2 nitrogen and oxygen atoms in total. The molecular formula is C22H22F2N2. The predicted molar refractivity (Wildman–Crippen MR) is 99.6 cm³/mol. The summed E-state index contributed by atoms with van der Waals surface area (Å²) in [4.78, 5) is 6.48. The SMILES string of the molecule is Cc1cccc(CN(CCc2ccccn2)Cc2cc(F)ccc2F)c1. The molecule has 0 aliphatic heterocycles. The van der Waals surface area contributed by atoms with Crippen molar-refractivity contribution in [2.24, 2.45) is 0 Å². The summed E-state index contributed by atoms with van der Waals surface area (Å²) < 4.78 is 27.6. The zero-order chi connectivity index (χ0) is 18.4. The van der Waals surface area contributed by atoms with Crippen molar-refractivity contribution in [2.45, 2.75) is 26.4 Å². The van der Waals surface area contributed by atoms with Crippen molar-refractivity contribution in [3.63, 3.8) is 0 Å². The molecule has 0 fully saturated rings. The highest BCUT2D eigenvalue weighted by molar-refractivity contribution is 5.23. The van der Waals surface area contributed by atoms with Crippen molar-refractivity contribution in [2.75, 3.05) is 6.54 Å². The van der Waals surface area contributed by atoms with E-state index in [-0.39, 0.29) is 5.82 Å². The van der Waals surface area contributed by atoms with Crippen molar-refractivity contribution in [1.82, 2.24) is 9.88 Å². The van der Waals surface area contributed by atoms with Gasteiger partial charge in [0, 0.05) is 43.5 Å². The molecule has 0 aliphatic rings. The molecule has 3 rings (SSSR count). The lowest BCUT2D eigenvalue weighted by atomic mass is 10.1. The zero-order valence-corrected chi connectivity index (χ0v) is 14.8. The molecule has 0 aliphatic carbocycles. The van der Waals surface area contributed by atoms with Crippen LogP contribution in [0.3, 0.4) is 0 Å². The molecule has 0 amide bonds. The first-order valence-electron chi connectivity index (χ1n) is 8.72. The van der Waals surface area contributed by atoms with E-state index in [4.69, 9.17) is 0 Å². The molecule has 26 heavy (non-hydrogen) atoms. The van der Waals surface area contributed by atoms with Crippen LogP contribution >= 0.6 is 0 Å². The van der Waals surface area contributed by atoms with Crippen LogP contribution in [0.5, 0.6) is 0 Å². The minimum Gasteiger partial charge on any atom is -0.294 e. The quantitative estimate of drug-likeness (QED) is 0.600. The second-order valence-electron chi connectivity index (χ2n) is 6.51. The molecule has 1 aromatic heterocycles. The van der Waals surface area contributed by atoms with E-state index in [9.17, 15) is 8.78 Å². The van der Waals surface area contributed by atoms with Gasteiger partial charge in [0.2, 0.25) is 0 Å². The molecule has 0 saturated heterocycles. The minimum absolute atomic E-state index is 0.352. The third kappa shape index (κ3) is 5.20. The summed E-state index contributed by atoms with van der Waals surface area (Å²) in [5.74, 6) is -0.792. The Balaban J connectivity index is 1.77. The van der Waals surface area contributed by atoms with Gasteiger partial charge in [-0.1, -0.05) is 35.9 Å². The van der Waals surface area contributed by atoms with E-state index in [1.54, 1.807) is 6.20 Å². The van der Waals surface area contributed by atoms with Crippen molar-refractivity contribution in [1.29, 1.82) is 0 Å². The summed E-state index contributed by atoms with van der Waals surface area (Å²) in [6.07, 6.45) is 2.52. The van der Waals surface area contributed by atoms with Gasteiger partial charge in [-0.05, 0) is 42.8 Å². The maximum Gasteiger partial charge on any atom is 0.127 e. The predicted octanol–water partition coefficient (Wildman–Crippen LogP) is 4.91. The van der Waals surface area contributed by atoms with E-state index < -0.39 is 5.82 Å². The maximum absolute atomic E-state index is 14.1. The summed E-state index contributed by atoms with van der Waals surface area (Å²) in [5, 5.41) is 0. The molecule has 2 aromatic carbocycles. The van der Waals surface area contributed by atoms with Crippen LogP contribution in [0.25, 0.3) is 0 Å². The summed E-state index contributed by atoms with van der Waals surface area (Å²) in [6, 6.07) is 17.7. The monoisotopic (exact) mass is 352 g/mol. The van der Waals surface area contributed by atoms with Crippen LogP contribution in [0.1, 0.15) is 22.4 Å². The van der Waals surface area contributed by atoms with Crippen molar-refractivity contribution in [3.05, 3.63) is 101 Å². The third-order valence-electron chi connectivity index (χ3n) is 4.30. The topological polar surface area (TPSA) is 16.1 Å². The average Bonchev–Trinajstić information content (AvgIpc) is 2.64. The number of hydrogen-bond donors (Lipinski definition) is 0. The molecule has 0 unspecified atom stereocenters. The second-order valence-corrected chi connectivity index (χ2v) is 6.51. The zero-order valence-electron chi connectivity index (χ0n) is 14.8. The van der Waals surface area contributed by atoms with Crippen molar-refractivity contribution < 1.29 is 8.78 Å². The van der Waals surface area contributed by atoms with Gasteiger partial charge in [0.15, 0.2) is 0 Å². The van der Waals surface area contributed by atoms with Gasteiger partial charge in [0.25, 0.3) is 0 Å². The Hall–Kier alpha value is -2.59. The van der Waals surface area contributed by atoms with Gasteiger partial charge in [0.1, 0.15) is 11.6 Å². The lowest BCUT2D eigenvalue weighted by Crippen LogP contribution is -2.26. The van der Waals surface area contributed by atoms with Crippen molar-refractivity contribution >= 4 is 0 Å². The van der Waals surface area contributed by atoms with Gasteiger partial charge in [-0.15, -0.1) is 0 Å². The van der Waals surface area contributed by atoms with E-state index >= 15 is 0 Å². The van der Waals surface area contributed by atoms with E-state index in [1.807, 2.05) is 37.3 Å². The molecule has 0 saturated carbocycles. The molecule has 4 heteroatoms. The largest absolute Gasteiger partial charge is 0.294 e. The van der Waals surface area contributed by atoms with Gasteiger partial charge in [-0.2, -0.15) is 0 Å². The summed E-state index contributed by atoms with van der Waals surface area (Å²) in [5.41, 5.74) is 3.70. The van der Waals surface area contributed by atoms with Crippen LogP contribution in [0, 0.1) is 18.6 Å². The van der Waals surface area contributed by atoms with Gasteiger partial charge >= 0.3 is 0 Å². The highest BCUT2D eigenvalue weighted by atomic mass is 19.1. The van der Waals surface area contributed by atoms with Crippen molar-refractivity contribution in [3.8, 4) is 0 Å². The Morgan fingerprint density at radius 1 is 0.923 bits per heavy atom. The molecule has 1 heterocycles. The molecule has 0 N–H and O–H groups in total. The number of hydrogen-bond acceptors (Lipinski definition) is 2. The average molecular weight is 352 g/mol. The lowest BCUT2D eigenvalue weighted by molar-refractivity contribution is 0.255. The minimum atomic E-state index is -0.415. The van der Waals surface area contributed by atoms with Crippen LogP contribution in [-0.4, -0.2) is 16.4 Å². The second kappa shape index (κ2) is 8.68. The maximum atomic E-state index is 14.1.